The van der Waals surface area contributed by atoms with Crippen LogP contribution in [0.4, 0.5) is 8.78 Å². The van der Waals surface area contributed by atoms with Gasteiger partial charge >= 0.3 is 0 Å². The molecule has 3 atom stereocenters. The number of carbonyl (C=O) groups is 1. The van der Waals surface area contributed by atoms with Gasteiger partial charge in [-0.25, -0.2) is 13.8 Å². The van der Waals surface area contributed by atoms with Crippen molar-refractivity contribution in [3.63, 3.8) is 0 Å². The summed E-state index contributed by atoms with van der Waals surface area (Å²) in [4.78, 5) is 19.0. The highest BCUT2D eigenvalue weighted by atomic mass is 32.1. The molecule has 1 aliphatic carbocycles. The highest BCUT2D eigenvalue weighted by Gasteiger charge is 2.47. The van der Waals surface area contributed by atoms with Crippen molar-refractivity contribution < 1.29 is 13.6 Å². The number of aromatic nitrogens is 1. The first kappa shape index (κ1) is 15.7. The zero-order chi connectivity index (χ0) is 16.7. The quantitative estimate of drug-likeness (QED) is 0.842. The van der Waals surface area contributed by atoms with Crippen molar-refractivity contribution in [2.45, 2.75) is 31.1 Å². The largest absolute Gasteiger partial charge is 0.342 e. The molecular formula is C18H18F2N2OS. The zero-order valence-corrected chi connectivity index (χ0v) is 13.9. The molecule has 1 saturated heterocycles. The first-order chi connectivity index (χ1) is 11.6. The number of piperidine rings is 1. The number of hydrogen-bond donors (Lipinski definition) is 0. The Morgan fingerprint density at radius 1 is 1.33 bits per heavy atom. The van der Waals surface area contributed by atoms with Crippen molar-refractivity contribution in [3.8, 4) is 0 Å². The Hall–Kier alpha value is -1.82. The van der Waals surface area contributed by atoms with E-state index in [1.165, 1.54) is 6.07 Å². The molecule has 24 heavy (non-hydrogen) atoms. The van der Waals surface area contributed by atoms with Gasteiger partial charge in [-0.1, -0.05) is 0 Å². The minimum atomic E-state index is -0.452. The molecule has 126 valence electrons. The minimum Gasteiger partial charge on any atom is -0.342 e. The Labute approximate surface area is 143 Å². The highest BCUT2D eigenvalue weighted by Crippen LogP contribution is 2.49. The molecule has 0 bridgehead atoms. The Balaban J connectivity index is 1.44. The molecule has 1 aromatic heterocycles. The third-order valence-electron chi connectivity index (χ3n) is 5.00. The average Bonchev–Trinajstić information content (AvgIpc) is 3.19. The van der Waals surface area contributed by atoms with Crippen LogP contribution in [-0.4, -0.2) is 28.9 Å². The van der Waals surface area contributed by atoms with Crippen LogP contribution in [0.25, 0.3) is 0 Å². The van der Waals surface area contributed by atoms with E-state index in [-0.39, 0.29) is 17.7 Å². The third-order valence-corrected chi connectivity index (χ3v) is 5.94. The van der Waals surface area contributed by atoms with Crippen LogP contribution in [0, 0.1) is 17.6 Å². The number of likely N-dealkylation sites (tertiary alicyclic amines) is 1. The fourth-order valence-corrected chi connectivity index (χ4v) is 4.43. The SMILES string of the molecule is O=C([C@@H]1C[C@H]1c1cc(F)ccc1F)N1CCC[C@@H](c2nccs2)C1. The lowest BCUT2D eigenvalue weighted by atomic mass is 9.98. The van der Waals surface area contributed by atoms with Crippen molar-refractivity contribution in [2.75, 3.05) is 13.1 Å². The normalized spacial score (nSPS) is 26.4. The number of hydrogen-bond acceptors (Lipinski definition) is 3. The summed E-state index contributed by atoms with van der Waals surface area (Å²) in [5, 5.41) is 3.04. The summed E-state index contributed by atoms with van der Waals surface area (Å²) >= 11 is 1.63. The van der Waals surface area contributed by atoms with Crippen LogP contribution in [0.15, 0.2) is 29.8 Å². The van der Waals surface area contributed by atoms with Crippen LogP contribution >= 0.6 is 11.3 Å². The summed E-state index contributed by atoms with van der Waals surface area (Å²) in [6.07, 6.45) is 4.41. The molecular weight excluding hydrogens is 330 g/mol. The van der Waals surface area contributed by atoms with E-state index in [9.17, 15) is 13.6 Å². The molecule has 0 spiro atoms. The van der Waals surface area contributed by atoms with E-state index in [1.54, 1.807) is 17.5 Å². The summed E-state index contributed by atoms with van der Waals surface area (Å²) < 4.78 is 27.2. The number of rotatable bonds is 3. The smallest absolute Gasteiger partial charge is 0.226 e. The van der Waals surface area contributed by atoms with Gasteiger partial charge in [-0.15, -0.1) is 11.3 Å². The lowest BCUT2D eigenvalue weighted by molar-refractivity contribution is -0.133. The number of carbonyl (C=O) groups excluding carboxylic acids is 1. The van der Waals surface area contributed by atoms with Gasteiger partial charge in [0.25, 0.3) is 0 Å². The van der Waals surface area contributed by atoms with Crippen molar-refractivity contribution in [1.82, 2.24) is 9.88 Å². The van der Waals surface area contributed by atoms with Gasteiger partial charge in [0, 0.05) is 36.5 Å². The monoisotopic (exact) mass is 348 g/mol. The van der Waals surface area contributed by atoms with E-state index >= 15 is 0 Å². The number of nitrogens with zero attached hydrogens (tertiary/aromatic N) is 2. The van der Waals surface area contributed by atoms with Gasteiger partial charge in [0.15, 0.2) is 0 Å². The molecule has 1 saturated carbocycles. The predicted octanol–water partition coefficient (Wildman–Crippen LogP) is 3.93. The molecule has 1 aliphatic heterocycles. The van der Waals surface area contributed by atoms with E-state index in [0.717, 1.165) is 36.5 Å². The highest BCUT2D eigenvalue weighted by molar-refractivity contribution is 7.09. The van der Waals surface area contributed by atoms with Crippen LogP contribution in [0.5, 0.6) is 0 Å². The molecule has 2 heterocycles. The Kier molecular flexibility index (Phi) is 4.08. The summed E-state index contributed by atoms with van der Waals surface area (Å²) in [7, 11) is 0. The van der Waals surface area contributed by atoms with Crippen molar-refractivity contribution in [1.29, 1.82) is 0 Å². The van der Waals surface area contributed by atoms with Gasteiger partial charge < -0.3 is 4.90 Å². The summed E-state index contributed by atoms with van der Waals surface area (Å²) in [5.74, 6) is -0.900. The van der Waals surface area contributed by atoms with Gasteiger partial charge in [-0.3, -0.25) is 4.79 Å². The summed E-state index contributed by atoms with van der Waals surface area (Å²) in [6, 6.07) is 3.48. The first-order valence-electron chi connectivity index (χ1n) is 8.26. The van der Waals surface area contributed by atoms with Crippen LogP contribution < -0.4 is 0 Å². The number of halogens is 2. The molecule has 2 aromatic rings. The standard InChI is InChI=1S/C18H18F2N2OS/c19-12-3-4-16(20)14(8-12)13-9-15(13)18(23)22-6-1-2-11(10-22)17-21-5-7-24-17/h3-5,7-8,11,13,15H,1-2,6,9-10H2/t11-,13+,15-/m1/s1. The fraction of sp³-hybridized carbons (Fsp3) is 0.444. The maximum Gasteiger partial charge on any atom is 0.226 e. The van der Waals surface area contributed by atoms with Gasteiger partial charge in [-0.05, 0) is 48.9 Å². The molecule has 6 heteroatoms. The van der Waals surface area contributed by atoms with E-state index in [0.29, 0.717) is 24.4 Å². The maximum absolute atomic E-state index is 13.9. The van der Waals surface area contributed by atoms with Crippen molar-refractivity contribution >= 4 is 17.2 Å². The number of amides is 1. The van der Waals surface area contributed by atoms with Crippen molar-refractivity contribution in [3.05, 3.63) is 52.0 Å². The Morgan fingerprint density at radius 2 is 2.21 bits per heavy atom. The predicted molar refractivity (Wildman–Crippen MR) is 87.9 cm³/mol. The second-order valence-corrected chi connectivity index (χ2v) is 7.53. The maximum atomic E-state index is 13.9. The summed E-state index contributed by atoms with van der Waals surface area (Å²) in [6.45, 7) is 1.43. The lowest BCUT2D eigenvalue weighted by Crippen LogP contribution is -2.40. The van der Waals surface area contributed by atoms with E-state index in [2.05, 4.69) is 4.98 Å². The van der Waals surface area contributed by atoms with Gasteiger partial charge in [0.2, 0.25) is 5.91 Å². The second kappa shape index (κ2) is 6.24. The van der Waals surface area contributed by atoms with Crippen molar-refractivity contribution in [2.24, 2.45) is 5.92 Å². The van der Waals surface area contributed by atoms with E-state index < -0.39 is 11.6 Å². The topological polar surface area (TPSA) is 33.2 Å². The molecule has 3 nitrogen and oxygen atoms in total. The van der Waals surface area contributed by atoms with E-state index in [1.807, 2.05) is 10.3 Å². The molecule has 4 rings (SSSR count). The first-order valence-corrected chi connectivity index (χ1v) is 9.14. The van der Waals surface area contributed by atoms with Crippen LogP contribution in [0.3, 0.4) is 0 Å². The zero-order valence-electron chi connectivity index (χ0n) is 13.1. The lowest BCUT2D eigenvalue weighted by Gasteiger charge is -2.32. The number of benzene rings is 1. The van der Waals surface area contributed by atoms with Gasteiger partial charge in [-0.2, -0.15) is 0 Å². The molecule has 0 N–H and O–H groups in total. The molecule has 0 radical (unpaired) electrons. The second-order valence-electron chi connectivity index (χ2n) is 6.61. The van der Waals surface area contributed by atoms with E-state index in [4.69, 9.17) is 0 Å². The molecule has 1 amide bonds. The van der Waals surface area contributed by atoms with Crippen LogP contribution in [0.2, 0.25) is 0 Å². The molecule has 2 fully saturated rings. The minimum absolute atomic E-state index is 0.0740. The molecule has 1 aromatic carbocycles. The van der Waals surface area contributed by atoms with Crippen LogP contribution in [0.1, 0.15) is 41.7 Å². The molecule has 2 aliphatic rings. The summed E-state index contributed by atoms with van der Waals surface area (Å²) in [5.41, 5.74) is 0.335. The number of thiazole rings is 1. The van der Waals surface area contributed by atoms with Gasteiger partial charge in [0.05, 0.1) is 5.01 Å². The van der Waals surface area contributed by atoms with Crippen LogP contribution in [-0.2, 0) is 4.79 Å². The third kappa shape index (κ3) is 2.95. The fourth-order valence-electron chi connectivity index (χ4n) is 3.66. The van der Waals surface area contributed by atoms with Gasteiger partial charge in [0.1, 0.15) is 11.6 Å². The Bertz CT molecular complexity index is 749. The Morgan fingerprint density at radius 3 is 3.00 bits per heavy atom. The average molecular weight is 348 g/mol. The molecule has 0 unspecified atom stereocenters.